The molecule has 1 atom stereocenters. The lowest BCUT2D eigenvalue weighted by Gasteiger charge is -2.12. The Kier molecular flexibility index (Phi) is 3.27. The topological polar surface area (TPSA) is 75.7 Å². The summed E-state index contributed by atoms with van der Waals surface area (Å²) in [4.78, 5) is 0. The second-order valence-electron chi connectivity index (χ2n) is 2.83. The average molecular weight is 201 g/mol. The van der Waals surface area contributed by atoms with E-state index in [2.05, 4.69) is 0 Å². The molecule has 4 N–H and O–H groups in total. The molecular weight excluding hydrogens is 189 g/mol. The van der Waals surface area contributed by atoms with E-state index in [1.165, 1.54) is 13.2 Å². The van der Waals surface area contributed by atoms with Gasteiger partial charge in [-0.15, -0.1) is 0 Å². The zero-order chi connectivity index (χ0) is 10.7. The van der Waals surface area contributed by atoms with Gasteiger partial charge in [-0.1, -0.05) is 0 Å². The molecule has 0 bridgehead atoms. The van der Waals surface area contributed by atoms with Gasteiger partial charge in [0, 0.05) is 17.7 Å². The zero-order valence-electron chi connectivity index (χ0n) is 7.70. The summed E-state index contributed by atoms with van der Waals surface area (Å²) in [5.74, 6) is -0.805. The van der Waals surface area contributed by atoms with E-state index in [9.17, 15) is 9.50 Å². The summed E-state index contributed by atoms with van der Waals surface area (Å²) in [7, 11) is 1.36. The van der Waals surface area contributed by atoms with Crippen LogP contribution in [0.4, 0.5) is 4.39 Å². The number of methoxy groups -OCH3 is 1. The van der Waals surface area contributed by atoms with Gasteiger partial charge < -0.3 is 20.7 Å². The summed E-state index contributed by atoms with van der Waals surface area (Å²) in [5.41, 5.74) is 5.29. The van der Waals surface area contributed by atoms with E-state index in [0.717, 1.165) is 6.07 Å². The molecule has 0 radical (unpaired) electrons. The minimum atomic E-state index is -0.930. The molecule has 4 nitrogen and oxygen atoms in total. The molecule has 1 unspecified atom stereocenters. The van der Waals surface area contributed by atoms with Crippen molar-refractivity contribution >= 4 is 0 Å². The highest BCUT2D eigenvalue weighted by molar-refractivity contribution is 5.42. The first-order valence-corrected chi connectivity index (χ1v) is 4.03. The molecule has 0 fully saturated rings. The molecule has 1 aromatic rings. The van der Waals surface area contributed by atoms with E-state index in [0.29, 0.717) is 0 Å². The smallest absolute Gasteiger partial charge is 0.135 e. The van der Waals surface area contributed by atoms with Crippen LogP contribution in [-0.4, -0.2) is 23.9 Å². The van der Waals surface area contributed by atoms with Crippen molar-refractivity contribution in [2.24, 2.45) is 5.73 Å². The SMILES string of the molecule is COc1cc(O)c(C(N)CO)c(F)c1. The zero-order valence-corrected chi connectivity index (χ0v) is 7.70. The van der Waals surface area contributed by atoms with Crippen LogP contribution in [0.2, 0.25) is 0 Å². The van der Waals surface area contributed by atoms with E-state index in [4.69, 9.17) is 15.6 Å². The fraction of sp³-hybridized carbons (Fsp3) is 0.333. The number of halogens is 1. The summed E-state index contributed by atoms with van der Waals surface area (Å²) in [6, 6.07) is 1.42. The predicted molar refractivity (Wildman–Crippen MR) is 48.6 cm³/mol. The number of hydrogen-bond donors (Lipinski definition) is 3. The molecule has 0 aliphatic carbocycles. The van der Waals surface area contributed by atoms with Crippen LogP contribution in [0.1, 0.15) is 11.6 Å². The van der Waals surface area contributed by atoms with Crippen LogP contribution < -0.4 is 10.5 Å². The third-order valence-corrected chi connectivity index (χ3v) is 1.88. The summed E-state index contributed by atoms with van der Waals surface area (Å²) in [6.07, 6.45) is 0. The molecule has 5 heteroatoms. The van der Waals surface area contributed by atoms with Crippen LogP contribution in [0.3, 0.4) is 0 Å². The van der Waals surface area contributed by atoms with Crippen molar-refractivity contribution in [2.75, 3.05) is 13.7 Å². The first-order chi connectivity index (χ1) is 6.60. The number of aliphatic hydroxyl groups is 1. The summed E-state index contributed by atoms with van der Waals surface area (Å²) < 4.78 is 18.0. The molecule has 78 valence electrons. The van der Waals surface area contributed by atoms with Crippen LogP contribution >= 0.6 is 0 Å². The number of aliphatic hydroxyl groups excluding tert-OH is 1. The third-order valence-electron chi connectivity index (χ3n) is 1.88. The number of nitrogens with two attached hydrogens (primary N) is 1. The van der Waals surface area contributed by atoms with Gasteiger partial charge in [-0.25, -0.2) is 4.39 Å². The van der Waals surface area contributed by atoms with Crippen LogP contribution in [0, 0.1) is 5.82 Å². The highest BCUT2D eigenvalue weighted by Crippen LogP contribution is 2.30. The van der Waals surface area contributed by atoms with Crippen LogP contribution in [-0.2, 0) is 0 Å². The number of ether oxygens (including phenoxy) is 1. The molecule has 0 saturated heterocycles. The Morgan fingerprint density at radius 1 is 1.57 bits per heavy atom. The maximum atomic E-state index is 13.3. The molecule has 0 aromatic heterocycles. The Bertz CT molecular complexity index is 307. The standard InChI is InChI=1S/C9H12FNO3/c1-14-5-2-6(10)9(7(11)4-12)8(13)3-5/h2-3,7,12-13H,4,11H2,1H3. The van der Waals surface area contributed by atoms with Crippen molar-refractivity contribution in [3.63, 3.8) is 0 Å². The van der Waals surface area contributed by atoms with Crippen molar-refractivity contribution in [1.29, 1.82) is 0 Å². The lowest BCUT2D eigenvalue weighted by atomic mass is 10.1. The second kappa shape index (κ2) is 4.26. The van der Waals surface area contributed by atoms with E-state index < -0.39 is 18.5 Å². The van der Waals surface area contributed by atoms with Gasteiger partial charge in [-0.05, 0) is 0 Å². The number of benzene rings is 1. The number of rotatable bonds is 3. The molecule has 0 saturated carbocycles. The minimum absolute atomic E-state index is 0.103. The maximum absolute atomic E-state index is 13.3. The second-order valence-corrected chi connectivity index (χ2v) is 2.83. The van der Waals surface area contributed by atoms with Crippen molar-refractivity contribution in [1.82, 2.24) is 0 Å². The molecule has 0 spiro atoms. The normalized spacial score (nSPS) is 12.6. The Hall–Kier alpha value is -1.33. The Labute approximate surface area is 80.7 Å². The number of hydrogen-bond acceptors (Lipinski definition) is 4. The number of aromatic hydroxyl groups is 1. The monoisotopic (exact) mass is 201 g/mol. The fourth-order valence-corrected chi connectivity index (χ4v) is 1.16. The van der Waals surface area contributed by atoms with Crippen LogP contribution in [0.25, 0.3) is 0 Å². The van der Waals surface area contributed by atoms with Crippen molar-refractivity contribution in [3.8, 4) is 11.5 Å². The van der Waals surface area contributed by atoms with Gasteiger partial charge in [0.2, 0.25) is 0 Å². The highest BCUT2D eigenvalue weighted by atomic mass is 19.1. The van der Waals surface area contributed by atoms with Gasteiger partial charge in [-0.3, -0.25) is 0 Å². The van der Waals surface area contributed by atoms with E-state index in [1.54, 1.807) is 0 Å². The van der Waals surface area contributed by atoms with Gasteiger partial charge in [0.05, 0.1) is 19.8 Å². The quantitative estimate of drug-likeness (QED) is 0.666. The van der Waals surface area contributed by atoms with Gasteiger partial charge in [0.1, 0.15) is 17.3 Å². The lowest BCUT2D eigenvalue weighted by Crippen LogP contribution is -2.16. The Morgan fingerprint density at radius 3 is 2.64 bits per heavy atom. The van der Waals surface area contributed by atoms with Gasteiger partial charge >= 0.3 is 0 Å². The Balaban J connectivity index is 3.18. The minimum Gasteiger partial charge on any atom is -0.507 e. The Morgan fingerprint density at radius 2 is 2.21 bits per heavy atom. The largest absolute Gasteiger partial charge is 0.507 e. The molecule has 0 aliphatic rings. The molecule has 0 heterocycles. The summed E-state index contributed by atoms with van der Waals surface area (Å²) in [6.45, 7) is -0.434. The van der Waals surface area contributed by atoms with Crippen molar-refractivity contribution < 1.29 is 19.3 Å². The van der Waals surface area contributed by atoms with Crippen molar-refractivity contribution in [2.45, 2.75) is 6.04 Å². The molecule has 1 rings (SSSR count). The summed E-state index contributed by atoms with van der Waals surface area (Å²) >= 11 is 0. The molecule has 14 heavy (non-hydrogen) atoms. The predicted octanol–water partition coefficient (Wildman–Crippen LogP) is 0.532. The average Bonchev–Trinajstić information content (AvgIpc) is 2.16. The lowest BCUT2D eigenvalue weighted by molar-refractivity contribution is 0.261. The molecule has 0 amide bonds. The molecule has 0 aliphatic heterocycles. The van der Waals surface area contributed by atoms with Gasteiger partial charge in [-0.2, -0.15) is 0 Å². The number of phenols is 1. The van der Waals surface area contributed by atoms with Gasteiger partial charge in [0.15, 0.2) is 0 Å². The third kappa shape index (κ3) is 1.94. The van der Waals surface area contributed by atoms with E-state index in [1.807, 2.05) is 0 Å². The van der Waals surface area contributed by atoms with Crippen LogP contribution in [0.5, 0.6) is 11.5 Å². The van der Waals surface area contributed by atoms with E-state index in [-0.39, 0.29) is 17.1 Å². The van der Waals surface area contributed by atoms with Crippen LogP contribution in [0.15, 0.2) is 12.1 Å². The van der Waals surface area contributed by atoms with Gasteiger partial charge in [0.25, 0.3) is 0 Å². The fourth-order valence-electron chi connectivity index (χ4n) is 1.16. The summed E-state index contributed by atoms with van der Waals surface area (Å²) in [5, 5.41) is 18.1. The van der Waals surface area contributed by atoms with Crippen molar-refractivity contribution in [3.05, 3.63) is 23.5 Å². The first-order valence-electron chi connectivity index (χ1n) is 4.03. The maximum Gasteiger partial charge on any atom is 0.135 e. The van der Waals surface area contributed by atoms with E-state index >= 15 is 0 Å². The number of phenolic OH excluding ortho intramolecular Hbond substituents is 1. The molecular formula is C9H12FNO3. The molecule has 1 aromatic carbocycles. The highest BCUT2D eigenvalue weighted by Gasteiger charge is 2.16. The first kappa shape index (κ1) is 10.7.